The fourth-order valence-electron chi connectivity index (χ4n) is 8.63. The number of furan rings is 1. The summed E-state index contributed by atoms with van der Waals surface area (Å²) in [4.78, 5) is 2.42. The van der Waals surface area contributed by atoms with Crippen LogP contribution in [0.5, 0.6) is 0 Å². The molecule has 0 fully saturated rings. The SMILES string of the molecule is c1ccc(-c2ccccc2N(c2ccc(-c3cccc(-c4cccc5ccccc45)c3)cc2)c2ccccc2-c2ccc3oc4cc5ccccc5cc4c3c2)cc1. The van der Waals surface area contributed by atoms with E-state index in [0.717, 1.165) is 55.7 Å². The highest BCUT2D eigenvalue weighted by atomic mass is 16.3. The van der Waals surface area contributed by atoms with E-state index in [9.17, 15) is 0 Å². The third-order valence-corrected chi connectivity index (χ3v) is 11.4. The fourth-order valence-corrected chi connectivity index (χ4v) is 8.63. The number of anilines is 3. The molecule has 11 aromatic rings. The Labute approximate surface area is 337 Å². The highest BCUT2D eigenvalue weighted by molar-refractivity contribution is 6.11. The summed E-state index contributed by atoms with van der Waals surface area (Å²) < 4.78 is 6.42. The van der Waals surface area contributed by atoms with Crippen LogP contribution in [0, 0.1) is 0 Å². The Hall–Kier alpha value is -7.68. The molecule has 11 rings (SSSR count). The fraction of sp³-hybridized carbons (Fsp3) is 0. The minimum atomic E-state index is 0.887. The molecule has 1 aromatic heterocycles. The number of rotatable bonds is 7. The predicted octanol–water partition coefficient (Wildman–Crippen LogP) is 16.0. The van der Waals surface area contributed by atoms with Crippen molar-refractivity contribution in [2.45, 2.75) is 0 Å². The standard InChI is InChI=1S/C56H37NO/c1-2-14-40(15-3-1)49-23-8-10-26-53(49)57(46-31-28-38(29-32-46)41-20-12-21-44(34-41)48-25-13-19-39-16-6-7-22-47(39)48)54-27-11-9-24-50(54)45-30-33-55-51(36-45)52-35-42-17-4-5-18-43(42)37-56(52)58-55/h1-37H. The lowest BCUT2D eigenvalue weighted by Gasteiger charge is -2.30. The molecule has 2 heteroatoms. The van der Waals surface area contributed by atoms with Crippen LogP contribution in [0.1, 0.15) is 0 Å². The second-order valence-electron chi connectivity index (χ2n) is 14.9. The zero-order chi connectivity index (χ0) is 38.4. The zero-order valence-corrected chi connectivity index (χ0v) is 31.7. The van der Waals surface area contributed by atoms with E-state index in [4.69, 9.17) is 4.42 Å². The molecule has 0 aliphatic heterocycles. The quantitative estimate of drug-likeness (QED) is 0.162. The first kappa shape index (κ1) is 33.6. The Morgan fingerprint density at radius 2 is 0.810 bits per heavy atom. The number of hydrogen-bond acceptors (Lipinski definition) is 2. The molecule has 0 saturated heterocycles. The van der Waals surface area contributed by atoms with Crippen LogP contribution in [0.25, 0.3) is 88.0 Å². The molecule has 0 aliphatic rings. The lowest BCUT2D eigenvalue weighted by Crippen LogP contribution is -2.12. The van der Waals surface area contributed by atoms with Gasteiger partial charge in [-0.05, 0) is 110 Å². The van der Waals surface area contributed by atoms with Crippen LogP contribution in [0.3, 0.4) is 0 Å². The lowest BCUT2D eigenvalue weighted by atomic mass is 9.95. The minimum Gasteiger partial charge on any atom is -0.456 e. The van der Waals surface area contributed by atoms with Crippen LogP contribution in [0.2, 0.25) is 0 Å². The van der Waals surface area contributed by atoms with Gasteiger partial charge in [0.1, 0.15) is 11.2 Å². The number of fused-ring (bicyclic) bond motifs is 5. The van der Waals surface area contributed by atoms with Gasteiger partial charge in [0.25, 0.3) is 0 Å². The van der Waals surface area contributed by atoms with Gasteiger partial charge in [0.05, 0.1) is 11.4 Å². The predicted molar refractivity (Wildman–Crippen MR) is 245 cm³/mol. The normalized spacial score (nSPS) is 11.4. The first-order valence-corrected chi connectivity index (χ1v) is 19.8. The van der Waals surface area contributed by atoms with Gasteiger partial charge in [0.15, 0.2) is 0 Å². The summed E-state index contributed by atoms with van der Waals surface area (Å²) in [7, 11) is 0. The number of hydrogen-bond donors (Lipinski definition) is 0. The highest BCUT2D eigenvalue weighted by Gasteiger charge is 2.21. The van der Waals surface area contributed by atoms with E-state index in [-0.39, 0.29) is 0 Å². The van der Waals surface area contributed by atoms with Gasteiger partial charge >= 0.3 is 0 Å². The summed E-state index contributed by atoms with van der Waals surface area (Å²) in [5, 5.41) is 7.13. The molecule has 0 spiro atoms. The average Bonchev–Trinajstić information content (AvgIpc) is 3.65. The number of nitrogens with zero attached hydrogens (tertiary/aromatic N) is 1. The monoisotopic (exact) mass is 739 g/mol. The number of benzene rings is 10. The van der Waals surface area contributed by atoms with Gasteiger partial charge < -0.3 is 9.32 Å². The summed E-state index contributed by atoms with van der Waals surface area (Å²) in [6.45, 7) is 0. The maximum absolute atomic E-state index is 6.42. The Balaban J connectivity index is 1.05. The molecule has 10 aromatic carbocycles. The van der Waals surface area contributed by atoms with Gasteiger partial charge in [0.2, 0.25) is 0 Å². The third-order valence-electron chi connectivity index (χ3n) is 11.4. The second-order valence-corrected chi connectivity index (χ2v) is 14.9. The Morgan fingerprint density at radius 3 is 1.60 bits per heavy atom. The smallest absolute Gasteiger partial charge is 0.136 e. The van der Waals surface area contributed by atoms with Crippen LogP contribution < -0.4 is 4.90 Å². The van der Waals surface area contributed by atoms with Crippen molar-refractivity contribution in [2.75, 3.05) is 4.90 Å². The summed E-state index contributed by atoms with van der Waals surface area (Å²) in [6.07, 6.45) is 0. The van der Waals surface area contributed by atoms with E-state index in [1.165, 1.54) is 49.4 Å². The lowest BCUT2D eigenvalue weighted by molar-refractivity contribution is 0.669. The zero-order valence-electron chi connectivity index (χ0n) is 31.7. The van der Waals surface area contributed by atoms with Gasteiger partial charge in [0, 0.05) is 27.6 Å². The van der Waals surface area contributed by atoms with Crippen LogP contribution >= 0.6 is 0 Å². The van der Waals surface area contributed by atoms with Crippen molar-refractivity contribution in [3.8, 4) is 44.5 Å². The van der Waals surface area contributed by atoms with E-state index in [0.29, 0.717) is 0 Å². The van der Waals surface area contributed by atoms with Crippen molar-refractivity contribution < 1.29 is 4.42 Å². The van der Waals surface area contributed by atoms with Crippen LogP contribution in [-0.4, -0.2) is 0 Å². The van der Waals surface area contributed by atoms with Gasteiger partial charge in [-0.3, -0.25) is 0 Å². The maximum Gasteiger partial charge on any atom is 0.136 e. The van der Waals surface area contributed by atoms with Gasteiger partial charge in [-0.1, -0.05) is 170 Å². The molecule has 2 nitrogen and oxygen atoms in total. The van der Waals surface area contributed by atoms with Crippen LogP contribution in [0.4, 0.5) is 17.1 Å². The van der Waals surface area contributed by atoms with Crippen molar-refractivity contribution in [3.63, 3.8) is 0 Å². The van der Waals surface area contributed by atoms with Gasteiger partial charge in [-0.25, -0.2) is 0 Å². The number of para-hydroxylation sites is 2. The molecule has 0 aliphatic carbocycles. The minimum absolute atomic E-state index is 0.887. The van der Waals surface area contributed by atoms with Crippen molar-refractivity contribution in [2.24, 2.45) is 0 Å². The Bertz CT molecular complexity index is 3280. The Morgan fingerprint density at radius 1 is 0.276 bits per heavy atom. The summed E-state index contributed by atoms with van der Waals surface area (Å²) >= 11 is 0. The third kappa shape index (κ3) is 5.91. The molecule has 0 bridgehead atoms. The molecule has 272 valence electrons. The summed E-state index contributed by atoms with van der Waals surface area (Å²) in [5.41, 5.74) is 14.5. The van der Waals surface area contributed by atoms with Gasteiger partial charge in [-0.2, -0.15) is 0 Å². The van der Waals surface area contributed by atoms with Crippen molar-refractivity contribution in [1.82, 2.24) is 0 Å². The average molecular weight is 740 g/mol. The maximum atomic E-state index is 6.42. The molecular weight excluding hydrogens is 703 g/mol. The second kappa shape index (κ2) is 14.1. The van der Waals surface area contributed by atoms with E-state index in [2.05, 4.69) is 229 Å². The summed E-state index contributed by atoms with van der Waals surface area (Å²) in [5.74, 6) is 0. The van der Waals surface area contributed by atoms with Crippen molar-refractivity contribution in [3.05, 3.63) is 224 Å². The molecule has 0 saturated carbocycles. The molecule has 0 N–H and O–H groups in total. The molecule has 0 amide bonds. The molecule has 0 unspecified atom stereocenters. The van der Waals surface area contributed by atoms with E-state index in [1.54, 1.807) is 0 Å². The largest absolute Gasteiger partial charge is 0.456 e. The highest BCUT2D eigenvalue weighted by Crippen LogP contribution is 2.46. The topological polar surface area (TPSA) is 16.4 Å². The van der Waals surface area contributed by atoms with Gasteiger partial charge in [-0.15, -0.1) is 0 Å². The Kier molecular flexibility index (Phi) is 8.19. The first-order valence-electron chi connectivity index (χ1n) is 19.8. The van der Waals surface area contributed by atoms with E-state index >= 15 is 0 Å². The molecule has 1 heterocycles. The van der Waals surface area contributed by atoms with Crippen LogP contribution in [0.15, 0.2) is 229 Å². The van der Waals surface area contributed by atoms with Crippen molar-refractivity contribution in [1.29, 1.82) is 0 Å². The molecular formula is C56H37NO. The van der Waals surface area contributed by atoms with E-state index < -0.39 is 0 Å². The van der Waals surface area contributed by atoms with Crippen molar-refractivity contribution >= 4 is 60.5 Å². The molecule has 58 heavy (non-hydrogen) atoms. The summed E-state index contributed by atoms with van der Waals surface area (Å²) in [6, 6.07) is 80.8. The molecule has 0 radical (unpaired) electrons. The first-order chi connectivity index (χ1) is 28.7. The van der Waals surface area contributed by atoms with Crippen LogP contribution in [-0.2, 0) is 0 Å². The van der Waals surface area contributed by atoms with E-state index in [1.807, 2.05) is 0 Å². The molecule has 0 atom stereocenters.